The third kappa shape index (κ3) is 5.59. The molecular weight excluding hydrogens is 548 g/mol. The number of benzene rings is 2. The second-order valence-corrected chi connectivity index (χ2v) is 11.5. The number of amides is 4. The summed E-state index contributed by atoms with van der Waals surface area (Å²) < 4.78 is 11.9. The molecule has 4 amide bonds. The van der Waals surface area contributed by atoms with E-state index in [1.807, 2.05) is 60.7 Å². The number of hydrogen-bond donors (Lipinski definition) is 2. The third-order valence-electron chi connectivity index (χ3n) is 8.60. The summed E-state index contributed by atoms with van der Waals surface area (Å²) in [5.74, 6) is 0.344. The van der Waals surface area contributed by atoms with E-state index in [1.54, 1.807) is 19.1 Å². The maximum absolute atomic E-state index is 13.7. The van der Waals surface area contributed by atoms with Crippen LogP contribution >= 0.6 is 0 Å². The molecule has 1 saturated heterocycles. The number of primary amides is 1. The van der Waals surface area contributed by atoms with Crippen LogP contribution in [0.3, 0.4) is 0 Å². The molecule has 0 bridgehead atoms. The minimum atomic E-state index is -1.14. The Morgan fingerprint density at radius 2 is 1.93 bits per heavy atom. The number of rotatable bonds is 5. The predicted octanol–water partition coefficient (Wildman–Crippen LogP) is 3.28. The van der Waals surface area contributed by atoms with Crippen LogP contribution in [-0.4, -0.2) is 82.5 Å². The lowest BCUT2D eigenvalue weighted by molar-refractivity contribution is -0.130. The van der Waals surface area contributed by atoms with Crippen LogP contribution in [0, 0.1) is 5.92 Å². The standard InChI is InChI=1S/C32H36N6O5/c1-37-15-9-4-3-8-12-21-18-32(21,30(33)40)36-28(39)26-17-23(19-38(26)31(37)41)43-29-24-14-13-22(42-2)16-25(24)34-27(35-29)20-10-6-5-7-11-20/h5-8,10-14,16,21,23,26H,3-4,9,15,17-19H2,1-2H3,(H2,33,40)(H,36,39). The molecule has 0 radical (unpaired) electrons. The molecule has 4 atom stereocenters. The van der Waals surface area contributed by atoms with Gasteiger partial charge in [-0.2, -0.15) is 4.98 Å². The van der Waals surface area contributed by atoms with Gasteiger partial charge in [0.2, 0.25) is 17.7 Å². The van der Waals surface area contributed by atoms with E-state index >= 15 is 0 Å². The molecule has 1 aliphatic carbocycles. The lowest BCUT2D eigenvalue weighted by atomic mass is 10.1. The van der Waals surface area contributed by atoms with Crippen LogP contribution in [0.15, 0.2) is 60.7 Å². The Balaban J connectivity index is 1.32. The summed E-state index contributed by atoms with van der Waals surface area (Å²) in [7, 11) is 3.34. The first-order valence-electron chi connectivity index (χ1n) is 14.7. The molecular formula is C32H36N6O5. The van der Waals surface area contributed by atoms with Gasteiger partial charge in [0.15, 0.2) is 5.82 Å². The molecule has 3 heterocycles. The fourth-order valence-electron chi connectivity index (χ4n) is 6.01. The van der Waals surface area contributed by atoms with Crippen LogP contribution in [-0.2, 0) is 9.59 Å². The quantitative estimate of drug-likeness (QED) is 0.439. The lowest BCUT2D eigenvalue weighted by Crippen LogP contribution is -2.56. The number of carbonyl (C=O) groups excluding carboxylic acids is 3. The molecule has 1 saturated carbocycles. The first kappa shape index (κ1) is 28.4. The SMILES string of the molecule is COc1ccc2c(OC3CC4C(=O)NC5(C(N)=O)CC5C=CCCCCN(C)C(=O)N4C3)nc(-c3ccccc3)nc2c1. The molecule has 43 heavy (non-hydrogen) atoms. The van der Waals surface area contributed by atoms with Gasteiger partial charge in [-0.25, -0.2) is 9.78 Å². The summed E-state index contributed by atoms with van der Waals surface area (Å²) in [6.45, 7) is 0.743. The zero-order valence-corrected chi connectivity index (χ0v) is 24.4. The van der Waals surface area contributed by atoms with Crippen molar-refractivity contribution in [1.82, 2.24) is 25.1 Å². The summed E-state index contributed by atoms with van der Waals surface area (Å²) in [5, 5.41) is 3.60. The summed E-state index contributed by atoms with van der Waals surface area (Å²) in [4.78, 5) is 52.6. The number of fused-ring (bicyclic) bond motifs is 3. The van der Waals surface area contributed by atoms with Crippen molar-refractivity contribution >= 4 is 28.7 Å². The number of nitrogens with one attached hydrogen (secondary N) is 1. The van der Waals surface area contributed by atoms with E-state index in [2.05, 4.69) is 5.32 Å². The number of ether oxygens (including phenoxy) is 2. The third-order valence-corrected chi connectivity index (χ3v) is 8.60. The lowest BCUT2D eigenvalue weighted by Gasteiger charge is -2.30. The van der Waals surface area contributed by atoms with E-state index in [-0.39, 0.29) is 24.9 Å². The minimum Gasteiger partial charge on any atom is -0.497 e. The number of nitrogens with zero attached hydrogens (tertiary/aromatic N) is 4. The molecule has 3 N–H and O–H groups in total. The highest BCUT2D eigenvalue weighted by Crippen LogP contribution is 2.45. The topological polar surface area (TPSA) is 140 Å². The Morgan fingerprint density at radius 3 is 2.70 bits per heavy atom. The van der Waals surface area contributed by atoms with Crippen LogP contribution in [0.1, 0.15) is 32.1 Å². The van der Waals surface area contributed by atoms with Crippen LogP contribution in [0.4, 0.5) is 4.79 Å². The van der Waals surface area contributed by atoms with Gasteiger partial charge in [0.25, 0.3) is 0 Å². The average molecular weight is 585 g/mol. The number of nitrogens with two attached hydrogens (primary N) is 1. The Hall–Kier alpha value is -4.67. The maximum atomic E-state index is 13.7. The molecule has 1 aromatic heterocycles. The van der Waals surface area contributed by atoms with Gasteiger partial charge in [0.05, 0.1) is 24.6 Å². The molecule has 2 fully saturated rings. The smallest absolute Gasteiger partial charge is 0.320 e. The molecule has 0 spiro atoms. The van der Waals surface area contributed by atoms with Crippen molar-refractivity contribution in [1.29, 1.82) is 0 Å². The highest BCUT2D eigenvalue weighted by atomic mass is 16.5. The van der Waals surface area contributed by atoms with Crippen molar-refractivity contribution in [2.75, 3.05) is 27.2 Å². The van der Waals surface area contributed by atoms with E-state index in [9.17, 15) is 14.4 Å². The normalized spacial score (nSPS) is 25.9. The largest absolute Gasteiger partial charge is 0.497 e. The molecule has 224 valence electrons. The number of aromatic nitrogens is 2. The van der Waals surface area contributed by atoms with E-state index < -0.39 is 29.5 Å². The van der Waals surface area contributed by atoms with E-state index in [0.717, 1.165) is 24.8 Å². The van der Waals surface area contributed by atoms with Gasteiger partial charge in [-0.3, -0.25) is 9.59 Å². The van der Waals surface area contributed by atoms with Crippen molar-refractivity contribution in [3.63, 3.8) is 0 Å². The van der Waals surface area contributed by atoms with Crippen molar-refractivity contribution in [2.24, 2.45) is 11.7 Å². The fraction of sp³-hybridized carbons (Fsp3) is 0.406. The van der Waals surface area contributed by atoms with E-state index in [0.29, 0.717) is 41.3 Å². The maximum Gasteiger partial charge on any atom is 0.320 e. The number of methoxy groups -OCH3 is 1. The summed E-state index contributed by atoms with van der Waals surface area (Å²) >= 11 is 0. The van der Waals surface area contributed by atoms with E-state index in [4.69, 9.17) is 25.2 Å². The molecule has 2 aliphatic heterocycles. The summed E-state index contributed by atoms with van der Waals surface area (Å²) in [5.41, 5.74) is 6.10. The van der Waals surface area contributed by atoms with Gasteiger partial charge in [-0.15, -0.1) is 0 Å². The first-order valence-corrected chi connectivity index (χ1v) is 14.7. The molecule has 4 unspecified atom stereocenters. The highest BCUT2D eigenvalue weighted by molar-refractivity contribution is 5.97. The van der Waals surface area contributed by atoms with Crippen LogP contribution in [0.25, 0.3) is 22.3 Å². The second kappa shape index (κ2) is 11.5. The van der Waals surface area contributed by atoms with Crippen LogP contribution in [0.2, 0.25) is 0 Å². The monoisotopic (exact) mass is 584 g/mol. The van der Waals surface area contributed by atoms with Gasteiger partial charge >= 0.3 is 6.03 Å². The average Bonchev–Trinajstić information content (AvgIpc) is 3.55. The highest BCUT2D eigenvalue weighted by Gasteiger charge is 2.60. The van der Waals surface area contributed by atoms with Crippen LogP contribution < -0.4 is 20.5 Å². The number of allylic oxidation sites excluding steroid dienone is 1. The van der Waals surface area contributed by atoms with Gasteiger partial charge < -0.3 is 30.3 Å². The zero-order chi connectivity index (χ0) is 30.1. The summed E-state index contributed by atoms with van der Waals surface area (Å²) in [6.07, 6.45) is 6.70. The number of urea groups is 1. The summed E-state index contributed by atoms with van der Waals surface area (Å²) in [6, 6.07) is 14.0. The zero-order valence-electron chi connectivity index (χ0n) is 24.4. The van der Waals surface area contributed by atoms with Gasteiger partial charge in [0, 0.05) is 37.6 Å². The van der Waals surface area contributed by atoms with E-state index in [1.165, 1.54) is 4.90 Å². The minimum absolute atomic E-state index is 0.155. The van der Waals surface area contributed by atoms with Crippen LogP contribution in [0.5, 0.6) is 11.6 Å². The van der Waals surface area contributed by atoms with Crippen molar-refractivity contribution in [3.8, 4) is 23.0 Å². The Morgan fingerprint density at radius 1 is 1.12 bits per heavy atom. The number of hydrogen-bond acceptors (Lipinski definition) is 7. The van der Waals surface area contributed by atoms with Crippen molar-refractivity contribution in [2.45, 2.75) is 49.8 Å². The molecule has 3 aliphatic rings. The van der Waals surface area contributed by atoms with Crippen molar-refractivity contribution in [3.05, 3.63) is 60.7 Å². The molecule has 6 rings (SSSR count). The molecule has 3 aromatic rings. The fourth-order valence-corrected chi connectivity index (χ4v) is 6.01. The first-order chi connectivity index (χ1) is 20.8. The second-order valence-electron chi connectivity index (χ2n) is 11.5. The molecule has 11 heteroatoms. The van der Waals surface area contributed by atoms with Gasteiger partial charge in [-0.05, 0) is 37.8 Å². The van der Waals surface area contributed by atoms with Gasteiger partial charge in [-0.1, -0.05) is 42.5 Å². The van der Waals surface area contributed by atoms with Crippen molar-refractivity contribution < 1.29 is 23.9 Å². The Kier molecular flexibility index (Phi) is 7.64. The Labute approximate surface area is 250 Å². The molecule has 2 aromatic carbocycles. The Bertz CT molecular complexity index is 1580. The number of carbonyl (C=O) groups is 3. The predicted molar refractivity (Wildman–Crippen MR) is 160 cm³/mol. The molecule has 11 nitrogen and oxygen atoms in total. The van der Waals surface area contributed by atoms with Gasteiger partial charge in [0.1, 0.15) is 23.4 Å².